The maximum atomic E-state index is 13.5. The molecule has 0 saturated carbocycles. The Labute approximate surface area is 97.6 Å². The van der Waals surface area contributed by atoms with E-state index in [4.69, 9.17) is 0 Å². The van der Waals surface area contributed by atoms with Crippen molar-refractivity contribution in [1.29, 1.82) is 0 Å². The van der Waals surface area contributed by atoms with Crippen molar-refractivity contribution < 1.29 is 9.18 Å². The Balaban J connectivity index is 2.45. The summed E-state index contributed by atoms with van der Waals surface area (Å²) < 4.78 is 13.5. The van der Waals surface area contributed by atoms with Crippen molar-refractivity contribution in [3.8, 4) is 0 Å². The fraction of sp³-hybridized carbons (Fsp3) is 0.154. The molecule has 16 heavy (non-hydrogen) atoms. The van der Waals surface area contributed by atoms with Crippen LogP contribution in [0.5, 0.6) is 0 Å². The summed E-state index contributed by atoms with van der Waals surface area (Å²) in [5.41, 5.74) is 1.04. The minimum atomic E-state index is -0.457. The Bertz CT molecular complexity index is 543. The van der Waals surface area contributed by atoms with Gasteiger partial charge < -0.3 is 0 Å². The molecule has 1 aromatic carbocycles. The third kappa shape index (κ3) is 2.04. The molecule has 2 rings (SSSR count). The molecule has 1 nitrogen and oxygen atoms in total. The van der Waals surface area contributed by atoms with Gasteiger partial charge in [0.15, 0.2) is 0 Å². The first-order valence-corrected chi connectivity index (χ1v) is 5.77. The molecule has 0 aliphatic rings. The van der Waals surface area contributed by atoms with Crippen LogP contribution >= 0.6 is 11.3 Å². The van der Waals surface area contributed by atoms with E-state index >= 15 is 0 Å². The highest BCUT2D eigenvalue weighted by Crippen LogP contribution is 2.21. The molecule has 0 aliphatic carbocycles. The zero-order valence-electron chi connectivity index (χ0n) is 9.08. The van der Waals surface area contributed by atoms with Crippen LogP contribution in [0.4, 0.5) is 4.39 Å². The second-order valence-electron chi connectivity index (χ2n) is 3.72. The summed E-state index contributed by atoms with van der Waals surface area (Å²) in [6.07, 6.45) is 0. The van der Waals surface area contributed by atoms with E-state index in [1.807, 2.05) is 19.9 Å². The normalized spacial score (nSPS) is 10.4. The second-order valence-corrected chi connectivity index (χ2v) is 5.01. The quantitative estimate of drug-likeness (QED) is 0.723. The lowest BCUT2D eigenvalue weighted by Gasteiger charge is -2.01. The van der Waals surface area contributed by atoms with Gasteiger partial charge in [0.1, 0.15) is 5.82 Å². The van der Waals surface area contributed by atoms with Crippen LogP contribution in [0, 0.1) is 19.7 Å². The lowest BCUT2D eigenvalue weighted by atomic mass is 10.1. The van der Waals surface area contributed by atoms with Crippen LogP contribution in [0.3, 0.4) is 0 Å². The average molecular weight is 234 g/mol. The topological polar surface area (TPSA) is 17.1 Å². The van der Waals surface area contributed by atoms with Crippen molar-refractivity contribution in [2.45, 2.75) is 13.8 Å². The predicted octanol–water partition coefficient (Wildman–Crippen LogP) is 3.74. The van der Waals surface area contributed by atoms with Crippen LogP contribution in [0.25, 0.3) is 0 Å². The van der Waals surface area contributed by atoms with E-state index in [1.165, 1.54) is 17.4 Å². The van der Waals surface area contributed by atoms with Gasteiger partial charge in [-0.2, -0.15) is 0 Å². The molecule has 0 fully saturated rings. The SMILES string of the molecule is Cc1ccc(F)c(C(=O)c2ccc(C)s2)c1. The van der Waals surface area contributed by atoms with Gasteiger partial charge in [-0.05, 0) is 38.1 Å². The number of rotatable bonds is 2. The summed E-state index contributed by atoms with van der Waals surface area (Å²) in [7, 11) is 0. The fourth-order valence-corrected chi connectivity index (χ4v) is 2.32. The van der Waals surface area contributed by atoms with E-state index in [0.29, 0.717) is 4.88 Å². The number of ketones is 1. The van der Waals surface area contributed by atoms with Crippen molar-refractivity contribution in [3.63, 3.8) is 0 Å². The van der Waals surface area contributed by atoms with Crippen molar-refractivity contribution in [2.75, 3.05) is 0 Å². The molecule has 1 heterocycles. The Kier molecular flexibility index (Phi) is 2.88. The van der Waals surface area contributed by atoms with Crippen molar-refractivity contribution in [3.05, 3.63) is 57.0 Å². The molecule has 0 aliphatic heterocycles. The maximum Gasteiger partial charge on any atom is 0.205 e. The molecular weight excluding hydrogens is 223 g/mol. The number of thiophene rings is 1. The highest BCUT2D eigenvalue weighted by molar-refractivity contribution is 7.14. The third-order valence-electron chi connectivity index (χ3n) is 2.33. The predicted molar refractivity (Wildman–Crippen MR) is 63.6 cm³/mol. The molecular formula is C13H11FOS. The summed E-state index contributed by atoms with van der Waals surface area (Å²) in [5.74, 6) is -0.694. The Morgan fingerprint density at radius 1 is 1.19 bits per heavy atom. The molecule has 2 aromatic rings. The van der Waals surface area contributed by atoms with E-state index in [-0.39, 0.29) is 11.3 Å². The highest BCUT2D eigenvalue weighted by Gasteiger charge is 2.15. The van der Waals surface area contributed by atoms with Gasteiger partial charge >= 0.3 is 0 Å². The highest BCUT2D eigenvalue weighted by atomic mass is 32.1. The number of hydrogen-bond donors (Lipinski definition) is 0. The number of hydrogen-bond acceptors (Lipinski definition) is 2. The summed E-state index contributed by atoms with van der Waals surface area (Å²) in [4.78, 5) is 13.6. The largest absolute Gasteiger partial charge is 0.288 e. The Morgan fingerprint density at radius 3 is 2.56 bits per heavy atom. The zero-order valence-corrected chi connectivity index (χ0v) is 9.90. The Morgan fingerprint density at radius 2 is 1.94 bits per heavy atom. The van der Waals surface area contributed by atoms with E-state index in [9.17, 15) is 9.18 Å². The van der Waals surface area contributed by atoms with Crippen LogP contribution in [-0.4, -0.2) is 5.78 Å². The molecule has 0 spiro atoms. The first-order valence-electron chi connectivity index (χ1n) is 4.95. The molecule has 0 unspecified atom stereocenters. The van der Waals surface area contributed by atoms with Gasteiger partial charge in [0.25, 0.3) is 0 Å². The monoisotopic (exact) mass is 234 g/mol. The third-order valence-corrected chi connectivity index (χ3v) is 3.33. The summed E-state index contributed by atoms with van der Waals surface area (Å²) in [6, 6.07) is 8.19. The Hall–Kier alpha value is -1.48. The van der Waals surface area contributed by atoms with Gasteiger partial charge in [-0.1, -0.05) is 11.6 Å². The molecule has 0 atom stereocenters. The lowest BCUT2D eigenvalue weighted by Crippen LogP contribution is -2.02. The van der Waals surface area contributed by atoms with E-state index < -0.39 is 5.82 Å². The van der Waals surface area contributed by atoms with E-state index in [2.05, 4.69) is 0 Å². The van der Waals surface area contributed by atoms with Gasteiger partial charge in [-0.3, -0.25) is 4.79 Å². The van der Waals surface area contributed by atoms with Crippen molar-refractivity contribution >= 4 is 17.1 Å². The number of aryl methyl sites for hydroxylation is 2. The van der Waals surface area contributed by atoms with E-state index in [0.717, 1.165) is 10.4 Å². The molecule has 1 aromatic heterocycles. The van der Waals surface area contributed by atoms with Crippen LogP contribution in [0.15, 0.2) is 30.3 Å². The molecule has 0 bridgehead atoms. The fourth-order valence-electron chi connectivity index (χ4n) is 1.50. The summed E-state index contributed by atoms with van der Waals surface area (Å²) >= 11 is 1.39. The first-order chi connectivity index (χ1) is 7.58. The van der Waals surface area contributed by atoms with Crippen molar-refractivity contribution in [2.24, 2.45) is 0 Å². The number of carbonyl (C=O) groups is 1. The zero-order chi connectivity index (χ0) is 11.7. The first kappa shape index (κ1) is 11.0. The van der Waals surface area contributed by atoms with Crippen molar-refractivity contribution in [1.82, 2.24) is 0 Å². The number of carbonyl (C=O) groups excluding carboxylic acids is 1. The molecule has 3 heteroatoms. The average Bonchev–Trinajstić information content (AvgIpc) is 2.67. The molecule has 82 valence electrons. The second kappa shape index (κ2) is 4.18. The molecule has 0 radical (unpaired) electrons. The standard InChI is InChI=1S/C13H11FOS/c1-8-3-5-11(14)10(7-8)13(15)12-6-4-9(2)16-12/h3-7H,1-2H3. The van der Waals surface area contributed by atoms with Crippen LogP contribution in [0.2, 0.25) is 0 Å². The van der Waals surface area contributed by atoms with Gasteiger partial charge in [-0.25, -0.2) is 4.39 Å². The van der Waals surface area contributed by atoms with E-state index in [1.54, 1.807) is 18.2 Å². The molecule has 0 amide bonds. The smallest absolute Gasteiger partial charge is 0.205 e. The molecule has 0 N–H and O–H groups in total. The van der Waals surface area contributed by atoms with Gasteiger partial charge in [0.05, 0.1) is 10.4 Å². The van der Waals surface area contributed by atoms with Crippen LogP contribution < -0.4 is 0 Å². The van der Waals surface area contributed by atoms with Gasteiger partial charge in [-0.15, -0.1) is 11.3 Å². The summed E-state index contributed by atoms with van der Waals surface area (Å²) in [5, 5.41) is 0. The minimum Gasteiger partial charge on any atom is -0.288 e. The lowest BCUT2D eigenvalue weighted by molar-refractivity contribution is 0.103. The van der Waals surface area contributed by atoms with Gasteiger partial charge in [0.2, 0.25) is 5.78 Å². The number of halogens is 1. The van der Waals surface area contributed by atoms with Crippen LogP contribution in [0.1, 0.15) is 25.7 Å². The summed E-state index contributed by atoms with van der Waals surface area (Å²) in [6.45, 7) is 3.77. The molecule has 0 saturated heterocycles. The van der Waals surface area contributed by atoms with Gasteiger partial charge in [0, 0.05) is 4.88 Å². The maximum absolute atomic E-state index is 13.5. The minimum absolute atomic E-state index is 0.154. The number of benzene rings is 1. The van der Waals surface area contributed by atoms with Crippen LogP contribution in [-0.2, 0) is 0 Å².